The lowest BCUT2D eigenvalue weighted by Gasteiger charge is -2.49. The second-order valence-corrected chi connectivity index (χ2v) is 13.4. The minimum absolute atomic E-state index is 0.381. The summed E-state index contributed by atoms with van der Waals surface area (Å²) in [6, 6.07) is 1.08. The Hall–Kier alpha value is -1.29. The van der Waals surface area contributed by atoms with Crippen LogP contribution in [0.25, 0.3) is 0 Å². The molecule has 0 aliphatic carbocycles. The van der Waals surface area contributed by atoms with Crippen LogP contribution in [0, 0.1) is 0 Å². The van der Waals surface area contributed by atoms with E-state index in [1.54, 1.807) is 0 Å². The molecule has 1 fully saturated rings. The van der Waals surface area contributed by atoms with Crippen LogP contribution >= 0.6 is 0 Å². The van der Waals surface area contributed by atoms with Gasteiger partial charge in [0.05, 0.1) is 14.7 Å². The van der Waals surface area contributed by atoms with Gasteiger partial charge in [0.1, 0.15) is 11.3 Å². The molecule has 0 unspecified atom stereocenters. The van der Waals surface area contributed by atoms with E-state index in [9.17, 15) is 19.8 Å². The maximum atomic E-state index is 15.4. The molecule has 2 rings (SSSR count). The zero-order chi connectivity index (χ0) is 18.5. The monoisotopic (exact) mass is 360 g/mol. The number of hydrogen-bond donors (Lipinski definition) is 3. The third-order valence-electron chi connectivity index (χ3n) is 5.63. The molecule has 0 aromatic carbocycles. The molecule has 1 aromatic rings. The summed E-state index contributed by atoms with van der Waals surface area (Å²) in [5.41, 5.74) is -1.44. The second-order valence-electron chi connectivity index (χ2n) is 7.82. The van der Waals surface area contributed by atoms with E-state index < -0.39 is 49.7 Å². The number of aromatic amines is 1. The van der Waals surface area contributed by atoms with Crippen molar-refractivity contribution in [1.29, 1.82) is 0 Å². The van der Waals surface area contributed by atoms with Gasteiger partial charge in [0.25, 0.3) is 5.56 Å². The number of aliphatic hydroxyl groups excluding tert-OH is 1. The molecule has 1 aliphatic rings. The van der Waals surface area contributed by atoms with Crippen molar-refractivity contribution in [2.45, 2.75) is 62.6 Å². The Morgan fingerprint density at radius 3 is 2.46 bits per heavy atom. The van der Waals surface area contributed by atoms with Crippen molar-refractivity contribution < 1.29 is 19.3 Å². The topological polar surface area (TPSA) is 105 Å². The summed E-state index contributed by atoms with van der Waals surface area (Å²) in [4.78, 5) is 25.2. The zero-order valence-electron chi connectivity index (χ0n) is 14.5. The first-order valence-electron chi connectivity index (χ1n) is 7.82. The summed E-state index contributed by atoms with van der Waals surface area (Å²) < 4.78 is 21.8. The Morgan fingerprint density at radius 1 is 1.42 bits per heavy atom. The van der Waals surface area contributed by atoms with Crippen LogP contribution in [0.2, 0.25) is 18.1 Å². The lowest BCUT2D eigenvalue weighted by Crippen LogP contribution is -2.68. The number of rotatable bonds is 3. The number of ether oxygens (including phenoxy) is 1. The number of aliphatic hydroxyl groups is 2. The zero-order valence-corrected chi connectivity index (χ0v) is 15.5. The van der Waals surface area contributed by atoms with Gasteiger partial charge in [-0.15, -0.1) is 0 Å². The summed E-state index contributed by atoms with van der Waals surface area (Å²) in [5.74, 6) is 0. The highest BCUT2D eigenvalue weighted by Gasteiger charge is 2.67. The highest BCUT2D eigenvalue weighted by Crippen LogP contribution is 2.52. The van der Waals surface area contributed by atoms with Crippen molar-refractivity contribution in [1.82, 2.24) is 9.55 Å². The molecule has 0 amide bonds. The summed E-state index contributed by atoms with van der Waals surface area (Å²) in [7, 11) is -2.74. The largest absolute Gasteiger partial charge is 0.394 e. The average Bonchev–Trinajstić information content (AvgIpc) is 2.72. The predicted molar refractivity (Wildman–Crippen MR) is 89.4 cm³/mol. The summed E-state index contributed by atoms with van der Waals surface area (Å²) in [5, 5.41) is 18.7. The summed E-state index contributed by atoms with van der Waals surface area (Å²) in [6.07, 6.45) is -3.36. The maximum Gasteiger partial charge on any atom is 0.330 e. The van der Waals surface area contributed by atoms with Gasteiger partial charge in [0, 0.05) is 12.3 Å². The first-order chi connectivity index (χ1) is 10.9. The SMILES string of the molecule is CC(C)(C)[Si](C)(C)[C@@]1(O)[C@@H](CO)O[C@@H](n2ccc(=O)[nH]c2=O)[C@@H]1F. The molecule has 9 heteroatoms. The Bertz CT molecular complexity index is 726. The van der Waals surface area contributed by atoms with Crippen LogP contribution in [-0.2, 0) is 4.74 Å². The molecule has 0 saturated carbocycles. The molecule has 7 nitrogen and oxygen atoms in total. The van der Waals surface area contributed by atoms with Crippen LogP contribution in [0.3, 0.4) is 0 Å². The first-order valence-corrected chi connectivity index (χ1v) is 10.8. The predicted octanol–water partition coefficient (Wildman–Crippen LogP) is 0.543. The highest BCUT2D eigenvalue weighted by molar-refractivity contribution is 6.83. The van der Waals surface area contributed by atoms with Gasteiger partial charge in [-0.25, -0.2) is 9.18 Å². The van der Waals surface area contributed by atoms with Crippen LogP contribution < -0.4 is 11.2 Å². The molecule has 0 spiro atoms. The average molecular weight is 360 g/mol. The van der Waals surface area contributed by atoms with E-state index in [1.807, 2.05) is 38.8 Å². The van der Waals surface area contributed by atoms with E-state index in [1.165, 1.54) is 0 Å². The van der Waals surface area contributed by atoms with E-state index in [4.69, 9.17) is 4.74 Å². The minimum Gasteiger partial charge on any atom is -0.394 e. The number of halogens is 1. The van der Waals surface area contributed by atoms with Gasteiger partial charge in [-0.1, -0.05) is 33.9 Å². The molecule has 0 bridgehead atoms. The van der Waals surface area contributed by atoms with Crippen molar-refractivity contribution >= 4 is 8.07 Å². The van der Waals surface area contributed by atoms with Crippen LogP contribution in [0.4, 0.5) is 4.39 Å². The molecular weight excluding hydrogens is 335 g/mol. The fourth-order valence-electron chi connectivity index (χ4n) is 3.10. The van der Waals surface area contributed by atoms with Crippen LogP contribution in [-0.4, -0.2) is 51.9 Å². The standard InChI is InChI=1S/C15H25FN2O5Si/c1-14(2,3)24(4,5)15(22)9(8-19)23-12(11(15)16)18-7-6-10(20)17-13(18)21/h6-7,9,11-12,19,22H,8H2,1-5H3,(H,17,20,21)/t9-,11+,12-,15+/m1/s1. The molecule has 1 aliphatic heterocycles. The van der Waals surface area contributed by atoms with E-state index in [0.717, 1.165) is 16.8 Å². The second kappa shape index (κ2) is 5.90. The maximum absolute atomic E-state index is 15.4. The first kappa shape index (κ1) is 19.0. The molecule has 3 N–H and O–H groups in total. The molecule has 4 atom stereocenters. The van der Waals surface area contributed by atoms with E-state index >= 15 is 4.39 Å². The van der Waals surface area contributed by atoms with Gasteiger partial charge in [-0.2, -0.15) is 0 Å². The van der Waals surface area contributed by atoms with Crippen molar-refractivity contribution in [3.05, 3.63) is 33.1 Å². The van der Waals surface area contributed by atoms with Gasteiger partial charge in [-0.05, 0) is 5.04 Å². The Kier molecular flexibility index (Phi) is 4.68. The van der Waals surface area contributed by atoms with E-state index in [-0.39, 0.29) is 5.04 Å². The van der Waals surface area contributed by atoms with Gasteiger partial charge >= 0.3 is 5.69 Å². The van der Waals surface area contributed by atoms with Crippen LogP contribution in [0.15, 0.2) is 21.9 Å². The van der Waals surface area contributed by atoms with Gasteiger partial charge < -0.3 is 14.9 Å². The van der Waals surface area contributed by atoms with Crippen molar-refractivity contribution in [2.24, 2.45) is 0 Å². The third-order valence-corrected chi connectivity index (χ3v) is 12.0. The molecule has 0 radical (unpaired) electrons. The van der Waals surface area contributed by atoms with E-state index in [0.29, 0.717) is 0 Å². The number of nitrogens with zero attached hydrogens (tertiary/aromatic N) is 1. The smallest absolute Gasteiger partial charge is 0.330 e. The van der Waals surface area contributed by atoms with Crippen molar-refractivity contribution in [3.8, 4) is 0 Å². The fraction of sp³-hybridized carbons (Fsp3) is 0.733. The Labute approximate surface area is 140 Å². The molecule has 1 saturated heterocycles. The van der Waals surface area contributed by atoms with Crippen LogP contribution in [0.1, 0.15) is 27.0 Å². The fourth-order valence-corrected chi connectivity index (χ4v) is 6.10. The lowest BCUT2D eigenvalue weighted by molar-refractivity contribution is -0.0597. The minimum atomic E-state index is -2.74. The van der Waals surface area contributed by atoms with Gasteiger partial charge in [0.15, 0.2) is 12.4 Å². The number of H-pyrrole nitrogens is 1. The quantitative estimate of drug-likeness (QED) is 0.683. The highest BCUT2D eigenvalue weighted by atomic mass is 28.3. The van der Waals surface area contributed by atoms with E-state index in [2.05, 4.69) is 0 Å². The van der Waals surface area contributed by atoms with Crippen molar-refractivity contribution in [2.75, 3.05) is 6.61 Å². The number of alkyl halides is 1. The van der Waals surface area contributed by atoms with Gasteiger partial charge in [-0.3, -0.25) is 14.3 Å². The molecule has 1 aromatic heterocycles. The number of hydrogen-bond acceptors (Lipinski definition) is 5. The van der Waals surface area contributed by atoms with Crippen LogP contribution in [0.5, 0.6) is 0 Å². The lowest BCUT2D eigenvalue weighted by atomic mass is 10.1. The van der Waals surface area contributed by atoms with Gasteiger partial charge in [0.2, 0.25) is 0 Å². The third kappa shape index (κ3) is 2.59. The molecular formula is C15H25FN2O5Si. The number of nitrogens with one attached hydrogen (secondary N) is 1. The molecule has 24 heavy (non-hydrogen) atoms. The number of aromatic nitrogens is 2. The summed E-state index contributed by atoms with van der Waals surface area (Å²) in [6.45, 7) is 8.85. The Balaban J connectivity index is 2.56. The summed E-state index contributed by atoms with van der Waals surface area (Å²) >= 11 is 0. The molecule has 2 heterocycles. The normalized spacial score (nSPS) is 31.4. The van der Waals surface area contributed by atoms with Crippen molar-refractivity contribution in [3.63, 3.8) is 0 Å². The molecule has 136 valence electrons. The Morgan fingerprint density at radius 2 is 2.00 bits per heavy atom.